The van der Waals surface area contributed by atoms with E-state index in [0.717, 1.165) is 0 Å². The van der Waals surface area contributed by atoms with Gasteiger partial charge in [-0.1, -0.05) is 12.1 Å². The van der Waals surface area contributed by atoms with Gasteiger partial charge in [0.2, 0.25) is 0 Å². The predicted octanol–water partition coefficient (Wildman–Crippen LogP) is 0.972. The molecule has 0 fully saturated rings. The Morgan fingerprint density at radius 1 is 1.27 bits per heavy atom. The number of amides is 1. The molecule has 2 aromatic rings. The van der Waals surface area contributed by atoms with E-state index < -0.39 is 10.8 Å². The highest BCUT2D eigenvalue weighted by Gasteiger charge is 2.18. The van der Waals surface area contributed by atoms with Gasteiger partial charge < -0.3 is 5.32 Å². The van der Waals surface area contributed by atoms with Gasteiger partial charge in [0.1, 0.15) is 5.56 Å². The average molecular weight is 302 g/mol. The van der Waals surface area contributed by atoms with E-state index in [9.17, 15) is 19.7 Å². The summed E-state index contributed by atoms with van der Waals surface area (Å²) in [5.41, 5.74) is -0.434. The summed E-state index contributed by atoms with van der Waals surface area (Å²) in [5.74, 6) is -0.513. The third-order valence-corrected chi connectivity index (χ3v) is 2.96. The van der Waals surface area contributed by atoms with E-state index in [1.165, 1.54) is 35.1 Å². The summed E-state index contributed by atoms with van der Waals surface area (Å²) in [5, 5.41) is 17.3. The Kier molecular flexibility index (Phi) is 4.97. The zero-order valence-corrected chi connectivity index (χ0v) is 11.6. The maximum Gasteiger partial charge on any atom is 0.282 e. The van der Waals surface area contributed by atoms with Gasteiger partial charge in [-0.05, 0) is 18.6 Å². The number of rotatable bonds is 6. The van der Waals surface area contributed by atoms with E-state index in [2.05, 4.69) is 10.4 Å². The molecule has 1 aromatic heterocycles. The van der Waals surface area contributed by atoms with Crippen molar-refractivity contribution in [3.8, 4) is 0 Å². The first-order chi connectivity index (χ1) is 10.6. The second kappa shape index (κ2) is 7.11. The standard InChI is InChI=1S/C14H14N4O4/c19-13-7-3-9-16-17(13)10-4-8-15-14(20)11-5-1-2-6-12(11)18(21)22/h1-3,5-7,9H,4,8,10H2,(H,15,20). The van der Waals surface area contributed by atoms with Gasteiger partial charge in [0.15, 0.2) is 0 Å². The minimum absolute atomic E-state index is 0.0162. The van der Waals surface area contributed by atoms with Gasteiger partial charge >= 0.3 is 0 Å². The van der Waals surface area contributed by atoms with Crippen molar-refractivity contribution in [2.24, 2.45) is 0 Å². The molecule has 22 heavy (non-hydrogen) atoms. The number of para-hydroxylation sites is 1. The van der Waals surface area contributed by atoms with Gasteiger partial charge in [0.25, 0.3) is 17.2 Å². The molecule has 8 nitrogen and oxygen atoms in total. The van der Waals surface area contributed by atoms with Gasteiger partial charge in [0, 0.05) is 31.4 Å². The number of nitro groups is 1. The molecule has 1 amide bonds. The van der Waals surface area contributed by atoms with Gasteiger partial charge in [-0.15, -0.1) is 0 Å². The van der Waals surface area contributed by atoms with Crippen molar-refractivity contribution >= 4 is 11.6 Å². The fourth-order valence-electron chi connectivity index (χ4n) is 1.91. The molecule has 114 valence electrons. The van der Waals surface area contributed by atoms with Crippen LogP contribution >= 0.6 is 0 Å². The van der Waals surface area contributed by atoms with E-state index in [1.807, 2.05) is 0 Å². The second-order valence-electron chi connectivity index (χ2n) is 4.47. The molecule has 0 radical (unpaired) electrons. The lowest BCUT2D eigenvalue weighted by Crippen LogP contribution is -2.28. The third-order valence-electron chi connectivity index (χ3n) is 2.96. The predicted molar refractivity (Wildman–Crippen MR) is 78.5 cm³/mol. The lowest BCUT2D eigenvalue weighted by atomic mass is 10.1. The summed E-state index contributed by atoms with van der Waals surface area (Å²) in [6, 6.07) is 8.70. The van der Waals surface area contributed by atoms with Crippen LogP contribution in [-0.2, 0) is 6.54 Å². The summed E-state index contributed by atoms with van der Waals surface area (Å²) in [6.07, 6.45) is 2.00. The van der Waals surface area contributed by atoms with Crippen LogP contribution in [0.3, 0.4) is 0 Å². The van der Waals surface area contributed by atoms with E-state index in [1.54, 1.807) is 12.1 Å². The summed E-state index contributed by atoms with van der Waals surface area (Å²) in [4.78, 5) is 33.6. The molecule has 8 heteroatoms. The van der Waals surface area contributed by atoms with Crippen molar-refractivity contribution in [3.05, 3.63) is 68.6 Å². The number of aryl methyl sites for hydroxylation is 1. The number of nitrogens with one attached hydrogen (secondary N) is 1. The van der Waals surface area contributed by atoms with Crippen LogP contribution in [0.5, 0.6) is 0 Å². The first-order valence-corrected chi connectivity index (χ1v) is 6.63. The number of hydrogen-bond donors (Lipinski definition) is 1. The fourth-order valence-corrected chi connectivity index (χ4v) is 1.91. The molecule has 0 spiro atoms. The van der Waals surface area contributed by atoms with E-state index in [-0.39, 0.29) is 23.4 Å². The van der Waals surface area contributed by atoms with Gasteiger partial charge in [-0.25, -0.2) is 4.68 Å². The molecule has 0 aliphatic rings. The third kappa shape index (κ3) is 3.75. The van der Waals surface area contributed by atoms with E-state index in [0.29, 0.717) is 13.0 Å². The van der Waals surface area contributed by atoms with Crippen molar-refractivity contribution in [1.82, 2.24) is 15.1 Å². The molecule has 0 aliphatic carbocycles. The Hall–Kier alpha value is -3.03. The number of aromatic nitrogens is 2. The fraction of sp³-hybridized carbons (Fsp3) is 0.214. The van der Waals surface area contributed by atoms with E-state index in [4.69, 9.17) is 0 Å². The number of hydrogen-bond acceptors (Lipinski definition) is 5. The van der Waals surface area contributed by atoms with Gasteiger partial charge in [-0.2, -0.15) is 5.10 Å². The lowest BCUT2D eigenvalue weighted by molar-refractivity contribution is -0.385. The van der Waals surface area contributed by atoms with Crippen molar-refractivity contribution in [2.75, 3.05) is 6.54 Å². The largest absolute Gasteiger partial charge is 0.352 e. The maximum absolute atomic E-state index is 11.9. The minimum atomic E-state index is -0.595. The molecule has 0 saturated carbocycles. The lowest BCUT2D eigenvalue weighted by Gasteiger charge is -2.06. The second-order valence-corrected chi connectivity index (χ2v) is 4.47. The quantitative estimate of drug-likeness (QED) is 0.486. The first kappa shape index (κ1) is 15.4. The Morgan fingerprint density at radius 3 is 2.77 bits per heavy atom. The minimum Gasteiger partial charge on any atom is -0.352 e. The van der Waals surface area contributed by atoms with Crippen LogP contribution in [0.15, 0.2) is 47.4 Å². The Labute approximate surface area is 125 Å². The van der Waals surface area contributed by atoms with Gasteiger partial charge in [0.05, 0.1) is 4.92 Å². The first-order valence-electron chi connectivity index (χ1n) is 6.63. The van der Waals surface area contributed by atoms with Crippen LogP contribution in [0.25, 0.3) is 0 Å². The number of nitrogens with zero attached hydrogens (tertiary/aromatic N) is 3. The molecule has 1 N–H and O–H groups in total. The highest BCUT2D eigenvalue weighted by atomic mass is 16.6. The smallest absolute Gasteiger partial charge is 0.282 e. The normalized spacial score (nSPS) is 10.2. The summed E-state index contributed by atoms with van der Waals surface area (Å²) < 4.78 is 1.29. The monoisotopic (exact) mass is 302 g/mol. The summed E-state index contributed by atoms with van der Waals surface area (Å²) in [6.45, 7) is 0.644. The van der Waals surface area contributed by atoms with Crippen LogP contribution in [0.1, 0.15) is 16.8 Å². The molecule has 1 aromatic carbocycles. The van der Waals surface area contributed by atoms with Crippen molar-refractivity contribution < 1.29 is 9.72 Å². The number of carbonyl (C=O) groups excluding carboxylic acids is 1. The highest BCUT2D eigenvalue weighted by Crippen LogP contribution is 2.17. The molecular weight excluding hydrogens is 288 g/mol. The van der Waals surface area contributed by atoms with Crippen LogP contribution in [0.4, 0.5) is 5.69 Å². The number of nitro benzene ring substituents is 1. The highest BCUT2D eigenvalue weighted by molar-refractivity contribution is 5.98. The molecule has 0 saturated heterocycles. The van der Waals surface area contributed by atoms with Crippen molar-refractivity contribution in [2.45, 2.75) is 13.0 Å². The molecular formula is C14H14N4O4. The molecule has 0 atom stereocenters. The molecule has 1 heterocycles. The average Bonchev–Trinajstić information content (AvgIpc) is 2.52. The zero-order valence-electron chi connectivity index (χ0n) is 11.6. The molecule has 0 unspecified atom stereocenters. The van der Waals surface area contributed by atoms with Crippen LogP contribution in [0.2, 0.25) is 0 Å². The van der Waals surface area contributed by atoms with Crippen molar-refractivity contribution in [3.63, 3.8) is 0 Å². The number of benzene rings is 1. The topological polar surface area (TPSA) is 107 Å². The Morgan fingerprint density at radius 2 is 2.05 bits per heavy atom. The maximum atomic E-state index is 11.9. The van der Waals surface area contributed by atoms with Crippen LogP contribution in [-0.4, -0.2) is 27.2 Å². The van der Waals surface area contributed by atoms with Crippen molar-refractivity contribution in [1.29, 1.82) is 0 Å². The molecule has 0 aliphatic heterocycles. The molecule has 0 bridgehead atoms. The summed E-state index contributed by atoms with van der Waals surface area (Å²) >= 11 is 0. The van der Waals surface area contributed by atoms with Crippen LogP contribution in [0, 0.1) is 10.1 Å². The summed E-state index contributed by atoms with van der Waals surface area (Å²) in [7, 11) is 0. The Bertz CT molecular complexity index is 741. The zero-order chi connectivity index (χ0) is 15.9. The number of carbonyl (C=O) groups is 1. The van der Waals surface area contributed by atoms with Gasteiger partial charge in [-0.3, -0.25) is 19.7 Å². The van der Waals surface area contributed by atoms with Crippen LogP contribution < -0.4 is 10.9 Å². The molecule has 2 rings (SSSR count). The Balaban J connectivity index is 1.90. The van der Waals surface area contributed by atoms with E-state index >= 15 is 0 Å². The SMILES string of the molecule is O=C(NCCCn1ncccc1=O)c1ccccc1[N+](=O)[O-].